The van der Waals surface area contributed by atoms with Crippen LogP contribution >= 0.6 is 11.6 Å². The van der Waals surface area contributed by atoms with Gasteiger partial charge >= 0.3 is 6.09 Å². The van der Waals surface area contributed by atoms with Gasteiger partial charge in [-0.3, -0.25) is 0 Å². The Labute approximate surface area is 190 Å². The lowest BCUT2D eigenvalue weighted by Crippen LogP contribution is -2.41. The first-order chi connectivity index (χ1) is 14.7. The van der Waals surface area contributed by atoms with Crippen LogP contribution in [0.2, 0.25) is 5.02 Å². The molecule has 1 amide bonds. The molecule has 31 heavy (non-hydrogen) atoms. The molecular weight excluding hydrogens is 419 g/mol. The van der Waals surface area contributed by atoms with Crippen LogP contribution in [0.25, 0.3) is 0 Å². The van der Waals surface area contributed by atoms with Crippen LogP contribution in [0.5, 0.6) is 5.75 Å². The van der Waals surface area contributed by atoms with E-state index >= 15 is 0 Å². The molecule has 1 aliphatic heterocycles. The van der Waals surface area contributed by atoms with E-state index in [2.05, 4.69) is 10.2 Å². The summed E-state index contributed by atoms with van der Waals surface area (Å²) in [6.07, 6.45) is 7.31. The molecule has 1 saturated carbocycles. The van der Waals surface area contributed by atoms with Crippen LogP contribution in [-0.2, 0) is 4.74 Å². The number of carbonyl (C=O) groups excluding carboxylic acids is 1. The van der Waals surface area contributed by atoms with Gasteiger partial charge in [0, 0.05) is 19.1 Å². The highest BCUT2D eigenvalue weighted by molar-refractivity contribution is 6.32. The normalized spacial score (nSPS) is 23.4. The molecule has 1 heterocycles. The molecule has 3 rings (SSSR count). The fourth-order valence-corrected chi connectivity index (χ4v) is 4.65. The Morgan fingerprint density at radius 2 is 1.84 bits per heavy atom. The summed E-state index contributed by atoms with van der Waals surface area (Å²) in [6.45, 7) is 8.79. The number of hydrogen-bond donors (Lipinski definition) is 1. The fraction of sp³-hybridized carbons (Fsp3) is 0.708. The molecule has 1 saturated heterocycles. The first-order valence-corrected chi connectivity index (χ1v) is 11.9. The number of likely N-dealkylation sites (tertiary alicyclic amines) is 1. The van der Waals surface area contributed by atoms with Crippen LogP contribution < -0.4 is 10.1 Å². The number of halogens is 2. The van der Waals surface area contributed by atoms with E-state index in [1.165, 1.54) is 18.6 Å². The summed E-state index contributed by atoms with van der Waals surface area (Å²) in [5.41, 5.74) is -0.453. The van der Waals surface area contributed by atoms with Gasteiger partial charge < -0.3 is 19.7 Å². The average molecular weight is 455 g/mol. The van der Waals surface area contributed by atoms with Crippen molar-refractivity contribution in [3.05, 3.63) is 29.0 Å². The van der Waals surface area contributed by atoms with Gasteiger partial charge in [0.2, 0.25) is 0 Å². The molecule has 174 valence electrons. The van der Waals surface area contributed by atoms with E-state index in [0.717, 1.165) is 64.1 Å². The largest absolute Gasteiger partial charge is 0.489 e. The van der Waals surface area contributed by atoms with Crippen molar-refractivity contribution in [1.29, 1.82) is 0 Å². The summed E-state index contributed by atoms with van der Waals surface area (Å²) in [7, 11) is 0. The second-order valence-corrected chi connectivity index (χ2v) is 10.3. The lowest BCUT2D eigenvalue weighted by atomic mass is 9.84. The summed E-state index contributed by atoms with van der Waals surface area (Å²) in [6, 6.07) is 4.52. The Bertz CT molecular complexity index is 724. The van der Waals surface area contributed by atoms with Crippen molar-refractivity contribution < 1.29 is 18.7 Å². The van der Waals surface area contributed by atoms with Gasteiger partial charge in [-0.15, -0.1) is 0 Å². The molecule has 0 atom stereocenters. The third-order valence-electron chi connectivity index (χ3n) is 6.14. The summed E-state index contributed by atoms with van der Waals surface area (Å²) in [5, 5.41) is 3.35. The maximum atomic E-state index is 13.2. The van der Waals surface area contributed by atoms with E-state index in [4.69, 9.17) is 21.1 Å². The monoisotopic (exact) mass is 454 g/mol. The number of ether oxygens (including phenoxy) is 2. The first kappa shape index (κ1) is 24.1. The molecular formula is C24H36ClFN2O3. The van der Waals surface area contributed by atoms with Crippen LogP contribution in [0, 0.1) is 11.7 Å². The molecule has 1 N–H and O–H groups in total. The molecule has 0 spiro atoms. The minimum Gasteiger partial charge on any atom is -0.489 e. The Kier molecular flexibility index (Phi) is 8.45. The van der Waals surface area contributed by atoms with E-state index in [1.54, 1.807) is 6.07 Å². The molecule has 2 aliphatic rings. The topological polar surface area (TPSA) is 50.8 Å². The smallest absolute Gasteiger partial charge is 0.407 e. The van der Waals surface area contributed by atoms with Gasteiger partial charge in [0.05, 0.1) is 5.02 Å². The minimum atomic E-state index is -0.453. The number of carbonyl (C=O) groups is 1. The van der Waals surface area contributed by atoms with Crippen LogP contribution in [-0.4, -0.2) is 48.4 Å². The molecule has 0 radical (unpaired) electrons. The maximum absolute atomic E-state index is 13.2. The zero-order valence-electron chi connectivity index (χ0n) is 19.0. The van der Waals surface area contributed by atoms with E-state index in [-0.39, 0.29) is 24.1 Å². The number of hydrogen-bond acceptors (Lipinski definition) is 4. The predicted octanol–water partition coefficient (Wildman–Crippen LogP) is 5.80. The molecule has 0 aromatic heterocycles. The summed E-state index contributed by atoms with van der Waals surface area (Å²) >= 11 is 6.07. The summed E-state index contributed by atoms with van der Waals surface area (Å²) in [4.78, 5) is 14.5. The minimum absolute atomic E-state index is 0.133. The summed E-state index contributed by atoms with van der Waals surface area (Å²) < 4.78 is 24.5. The molecule has 0 unspecified atom stereocenters. The first-order valence-electron chi connectivity index (χ1n) is 11.5. The van der Waals surface area contributed by atoms with Crippen molar-refractivity contribution in [3.63, 3.8) is 0 Å². The molecule has 2 fully saturated rings. The van der Waals surface area contributed by atoms with Gasteiger partial charge in [-0.2, -0.15) is 0 Å². The van der Waals surface area contributed by atoms with Crippen molar-refractivity contribution >= 4 is 17.7 Å². The molecule has 1 aliphatic carbocycles. The zero-order chi connectivity index (χ0) is 22.4. The Balaban J connectivity index is 1.30. The lowest BCUT2D eigenvalue weighted by Gasteiger charge is -2.34. The lowest BCUT2D eigenvalue weighted by molar-refractivity contribution is 0.0484. The van der Waals surface area contributed by atoms with Crippen molar-refractivity contribution in [2.45, 2.75) is 83.5 Å². The number of amides is 1. The SMILES string of the molecule is CC(C)(C)OC(=O)N[C@H]1CC[C@H](CCN2CCC(Oc3ccc(F)cc3Cl)CC2)CC1. The highest BCUT2D eigenvalue weighted by Crippen LogP contribution is 2.30. The van der Waals surface area contributed by atoms with Crippen molar-refractivity contribution in [1.82, 2.24) is 10.2 Å². The average Bonchev–Trinajstić information content (AvgIpc) is 2.69. The van der Waals surface area contributed by atoms with Gasteiger partial charge in [-0.05, 0) is 96.4 Å². The second kappa shape index (κ2) is 10.9. The highest BCUT2D eigenvalue weighted by atomic mass is 35.5. The maximum Gasteiger partial charge on any atom is 0.407 e. The van der Waals surface area contributed by atoms with Gasteiger partial charge in [0.15, 0.2) is 0 Å². The third-order valence-corrected chi connectivity index (χ3v) is 6.44. The number of alkyl carbamates (subject to hydrolysis) is 1. The Morgan fingerprint density at radius 1 is 1.16 bits per heavy atom. The van der Waals surface area contributed by atoms with Crippen LogP contribution in [0.3, 0.4) is 0 Å². The fourth-order valence-electron chi connectivity index (χ4n) is 4.44. The zero-order valence-corrected chi connectivity index (χ0v) is 19.7. The van der Waals surface area contributed by atoms with Crippen LogP contribution in [0.4, 0.5) is 9.18 Å². The van der Waals surface area contributed by atoms with E-state index in [0.29, 0.717) is 10.8 Å². The molecule has 1 aromatic carbocycles. The van der Waals surface area contributed by atoms with Crippen molar-refractivity contribution in [2.24, 2.45) is 5.92 Å². The third kappa shape index (κ3) is 8.15. The van der Waals surface area contributed by atoms with Crippen molar-refractivity contribution in [3.8, 4) is 5.75 Å². The van der Waals surface area contributed by atoms with Gasteiger partial charge in [-0.25, -0.2) is 9.18 Å². The highest BCUT2D eigenvalue weighted by Gasteiger charge is 2.26. The second-order valence-electron chi connectivity index (χ2n) is 9.89. The number of nitrogens with zero attached hydrogens (tertiary/aromatic N) is 1. The Hall–Kier alpha value is -1.53. The Morgan fingerprint density at radius 3 is 2.45 bits per heavy atom. The quantitative estimate of drug-likeness (QED) is 0.590. The number of rotatable bonds is 6. The number of piperidine rings is 1. The van der Waals surface area contributed by atoms with E-state index in [9.17, 15) is 9.18 Å². The van der Waals surface area contributed by atoms with Crippen LogP contribution in [0.15, 0.2) is 18.2 Å². The summed E-state index contributed by atoms with van der Waals surface area (Å²) in [5.74, 6) is 0.948. The predicted molar refractivity (Wildman–Crippen MR) is 121 cm³/mol. The van der Waals surface area contributed by atoms with Gasteiger partial charge in [0.1, 0.15) is 23.3 Å². The molecule has 1 aromatic rings. The van der Waals surface area contributed by atoms with E-state index in [1.807, 2.05) is 20.8 Å². The molecule has 5 nitrogen and oxygen atoms in total. The van der Waals surface area contributed by atoms with Crippen LogP contribution in [0.1, 0.15) is 65.7 Å². The molecule has 0 bridgehead atoms. The van der Waals surface area contributed by atoms with E-state index < -0.39 is 5.60 Å². The number of nitrogens with one attached hydrogen (secondary N) is 1. The number of benzene rings is 1. The van der Waals surface area contributed by atoms with Gasteiger partial charge in [-0.1, -0.05) is 11.6 Å². The standard InChI is InChI=1S/C24H36ClFN2O3/c1-24(2,3)31-23(29)27-19-7-4-17(5-8-19)10-13-28-14-11-20(12-15-28)30-22-9-6-18(26)16-21(22)25/h6,9,16-17,19-20H,4-5,7-8,10-15H2,1-3H3,(H,27,29)/t17-,19-. The molecule has 7 heteroatoms. The van der Waals surface area contributed by atoms with Crippen molar-refractivity contribution in [2.75, 3.05) is 19.6 Å². The van der Waals surface area contributed by atoms with Gasteiger partial charge in [0.25, 0.3) is 0 Å².